The standard InChI is InChI=1S/C16H18F5NO3/c1-8-3-10(13(4-9(8)2)25-15(17)18)5-22-6-11(14(23)24)12(7-22)16(19,20)21/h3-4,11-12,15H,5-7H2,1-2H3,(H,23,24)/t11-,12-/m1/s1. The number of carboxylic acids is 1. The van der Waals surface area contributed by atoms with Gasteiger partial charge in [0.05, 0.1) is 11.8 Å². The Morgan fingerprint density at radius 2 is 1.88 bits per heavy atom. The molecule has 1 heterocycles. The highest BCUT2D eigenvalue weighted by molar-refractivity contribution is 5.71. The Bertz CT molecular complexity index is 647. The molecule has 0 aromatic heterocycles. The molecule has 2 atom stereocenters. The highest BCUT2D eigenvalue weighted by Crippen LogP contribution is 2.39. The second-order valence-corrected chi connectivity index (χ2v) is 6.21. The van der Waals surface area contributed by atoms with Crippen molar-refractivity contribution >= 4 is 5.97 Å². The fourth-order valence-electron chi connectivity index (χ4n) is 3.02. The molecule has 1 aromatic carbocycles. The van der Waals surface area contributed by atoms with E-state index >= 15 is 0 Å². The molecule has 0 saturated carbocycles. The second-order valence-electron chi connectivity index (χ2n) is 6.21. The van der Waals surface area contributed by atoms with Crippen molar-refractivity contribution in [1.29, 1.82) is 0 Å². The third-order valence-electron chi connectivity index (χ3n) is 4.42. The number of ether oxygens (including phenoxy) is 1. The van der Waals surface area contributed by atoms with E-state index < -0.39 is 37.1 Å². The molecule has 1 aromatic rings. The quantitative estimate of drug-likeness (QED) is 0.808. The van der Waals surface area contributed by atoms with Crippen LogP contribution < -0.4 is 4.74 Å². The van der Waals surface area contributed by atoms with Gasteiger partial charge in [-0.2, -0.15) is 22.0 Å². The minimum absolute atomic E-state index is 0.0977. The maximum Gasteiger partial charge on any atom is 0.393 e. The molecule has 1 fully saturated rings. The minimum atomic E-state index is -4.64. The summed E-state index contributed by atoms with van der Waals surface area (Å²) in [4.78, 5) is 12.4. The summed E-state index contributed by atoms with van der Waals surface area (Å²) in [6.45, 7) is -0.517. The van der Waals surface area contributed by atoms with Gasteiger partial charge in [0, 0.05) is 25.2 Å². The zero-order valence-corrected chi connectivity index (χ0v) is 13.6. The van der Waals surface area contributed by atoms with Crippen LogP contribution >= 0.6 is 0 Å². The van der Waals surface area contributed by atoms with E-state index in [-0.39, 0.29) is 18.8 Å². The Kier molecular flexibility index (Phi) is 5.55. The number of aryl methyl sites for hydroxylation is 2. The molecule has 1 aliphatic heterocycles. The predicted octanol–water partition coefficient (Wildman–Crippen LogP) is 3.60. The average Bonchev–Trinajstić information content (AvgIpc) is 2.88. The number of carboxylic acid groups (broad SMARTS) is 1. The van der Waals surface area contributed by atoms with E-state index in [1.54, 1.807) is 19.9 Å². The number of hydrogen-bond donors (Lipinski definition) is 1. The van der Waals surface area contributed by atoms with Crippen molar-refractivity contribution in [3.05, 3.63) is 28.8 Å². The highest BCUT2D eigenvalue weighted by atomic mass is 19.4. The number of nitrogens with zero attached hydrogens (tertiary/aromatic N) is 1. The summed E-state index contributed by atoms with van der Waals surface area (Å²) in [5, 5.41) is 9.03. The van der Waals surface area contributed by atoms with Crippen LogP contribution in [0.4, 0.5) is 22.0 Å². The van der Waals surface area contributed by atoms with E-state index in [0.29, 0.717) is 11.1 Å². The van der Waals surface area contributed by atoms with Crippen LogP contribution in [0.1, 0.15) is 16.7 Å². The topological polar surface area (TPSA) is 49.8 Å². The number of hydrogen-bond acceptors (Lipinski definition) is 3. The lowest BCUT2D eigenvalue weighted by molar-refractivity contribution is -0.188. The van der Waals surface area contributed by atoms with Crippen molar-refractivity contribution in [2.45, 2.75) is 33.2 Å². The lowest BCUT2D eigenvalue weighted by Gasteiger charge is -2.20. The molecule has 0 amide bonds. The average molecular weight is 367 g/mol. The van der Waals surface area contributed by atoms with Crippen molar-refractivity contribution in [1.82, 2.24) is 4.90 Å². The molecular weight excluding hydrogens is 349 g/mol. The maximum absolute atomic E-state index is 13.0. The molecule has 0 unspecified atom stereocenters. The maximum atomic E-state index is 13.0. The van der Waals surface area contributed by atoms with Crippen molar-refractivity contribution in [3.8, 4) is 5.75 Å². The third-order valence-corrected chi connectivity index (χ3v) is 4.42. The van der Waals surface area contributed by atoms with E-state index in [4.69, 9.17) is 5.11 Å². The van der Waals surface area contributed by atoms with Gasteiger partial charge < -0.3 is 9.84 Å². The zero-order valence-electron chi connectivity index (χ0n) is 13.6. The highest BCUT2D eigenvalue weighted by Gasteiger charge is 2.52. The number of carbonyl (C=O) groups is 1. The largest absolute Gasteiger partial charge is 0.481 e. The van der Waals surface area contributed by atoms with Crippen LogP contribution in [0.2, 0.25) is 0 Å². The van der Waals surface area contributed by atoms with E-state index in [9.17, 15) is 26.7 Å². The summed E-state index contributed by atoms with van der Waals surface area (Å²) in [5.74, 6) is -5.20. The molecule has 25 heavy (non-hydrogen) atoms. The fourth-order valence-corrected chi connectivity index (χ4v) is 3.02. The normalized spacial score (nSPS) is 21.8. The van der Waals surface area contributed by atoms with Crippen LogP contribution in [0.25, 0.3) is 0 Å². The Labute approximate surface area is 141 Å². The van der Waals surface area contributed by atoms with Gasteiger partial charge in [0.1, 0.15) is 5.75 Å². The number of aliphatic carboxylic acids is 1. The van der Waals surface area contributed by atoms with E-state index in [0.717, 1.165) is 5.56 Å². The van der Waals surface area contributed by atoms with Crippen LogP contribution in [-0.4, -0.2) is 41.9 Å². The molecule has 0 aliphatic carbocycles. The Balaban J connectivity index is 2.25. The first-order valence-electron chi connectivity index (χ1n) is 7.56. The SMILES string of the molecule is Cc1cc(CN2C[C@@H](C(F)(F)F)[C@H](C(=O)O)C2)c(OC(F)F)cc1C. The van der Waals surface area contributed by atoms with Gasteiger partial charge in [-0.15, -0.1) is 0 Å². The summed E-state index contributed by atoms with van der Waals surface area (Å²) in [5.41, 5.74) is 1.78. The molecule has 0 radical (unpaired) electrons. The Morgan fingerprint density at radius 3 is 2.36 bits per heavy atom. The molecule has 1 N–H and O–H groups in total. The van der Waals surface area contributed by atoms with Crippen LogP contribution in [0.15, 0.2) is 12.1 Å². The number of likely N-dealkylation sites (tertiary alicyclic amines) is 1. The van der Waals surface area contributed by atoms with Crippen LogP contribution in [-0.2, 0) is 11.3 Å². The van der Waals surface area contributed by atoms with Crippen LogP contribution in [0.5, 0.6) is 5.75 Å². The van der Waals surface area contributed by atoms with Crippen LogP contribution in [0.3, 0.4) is 0 Å². The van der Waals surface area contributed by atoms with Crippen molar-refractivity contribution in [2.24, 2.45) is 11.8 Å². The van der Waals surface area contributed by atoms with E-state index in [1.807, 2.05) is 0 Å². The second kappa shape index (κ2) is 7.15. The molecule has 0 bridgehead atoms. The lowest BCUT2D eigenvalue weighted by Crippen LogP contribution is -2.33. The first kappa shape index (κ1) is 19.4. The van der Waals surface area contributed by atoms with Crippen molar-refractivity contribution < 1.29 is 36.6 Å². The fraction of sp³-hybridized carbons (Fsp3) is 0.562. The number of rotatable bonds is 5. The first-order chi connectivity index (χ1) is 11.5. The van der Waals surface area contributed by atoms with Crippen molar-refractivity contribution in [2.75, 3.05) is 13.1 Å². The zero-order chi connectivity index (χ0) is 18.9. The molecule has 1 saturated heterocycles. The van der Waals surface area contributed by atoms with Gasteiger partial charge >= 0.3 is 18.8 Å². The Morgan fingerprint density at radius 1 is 1.28 bits per heavy atom. The summed E-state index contributed by atoms with van der Waals surface area (Å²) in [7, 11) is 0. The van der Waals surface area contributed by atoms with Gasteiger partial charge in [0.2, 0.25) is 0 Å². The van der Waals surface area contributed by atoms with Crippen molar-refractivity contribution in [3.63, 3.8) is 0 Å². The van der Waals surface area contributed by atoms with Crippen LogP contribution in [0, 0.1) is 25.7 Å². The molecule has 9 heteroatoms. The first-order valence-corrected chi connectivity index (χ1v) is 7.56. The van der Waals surface area contributed by atoms with Gasteiger partial charge in [-0.25, -0.2) is 0 Å². The minimum Gasteiger partial charge on any atom is -0.481 e. The van der Waals surface area contributed by atoms with Gasteiger partial charge in [-0.05, 0) is 31.0 Å². The smallest absolute Gasteiger partial charge is 0.393 e. The number of benzene rings is 1. The lowest BCUT2D eigenvalue weighted by atomic mass is 9.96. The third kappa shape index (κ3) is 4.59. The molecule has 1 aliphatic rings. The Hall–Kier alpha value is -1.90. The van der Waals surface area contributed by atoms with Gasteiger partial charge in [0.25, 0.3) is 0 Å². The van der Waals surface area contributed by atoms with Gasteiger partial charge in [0.15, 0.2) is 0 Å². The molecule has 0 spiro atoms. The van der Waals surface area contributed by atoms with Gasteiger partial charge in [-0.3, -0.25) is 9.69 Å². The van der Waals surface area contributed by atoms with E-state index in [2.05, 4.69) is 4.74 Å². The van der Waals surface area contributed by atoms with E-state index in [1.165, 1.54) is 11.0 Å². The number of alkyl halides is 5. The molecule has 140 valence electrons. The summed E-state index contributed by atoms with van der Waals surface area (Å²) in [6.07, 6.45) is -4.64. The molecule has 2 rings (SSSR count). The molecule has 4 nitrogen and oxygen atoms in total. The molecular formula is C16H18F5NO3. The summed E-state index contributed by atoms with van der Waals surface area (Å²) >= 11 is 0. The summed E-state index contributed by atoms with van der Waals surface area (Å²) < 4.78 is 68.7. The number of halogens is 5. The monoisotopic (exact) mass is 367 g/mol. The summed E-state index contributed by atoms with van der Waals surface area (Å²) in [6, 6.07) is 2.98. The predicted molar refractivity (Wildman–Crippen MR) is 78.5 cm³/mol. The van der Waals surface area contributed by atoms with Gasteiger partial charge in [-0.1, -0.05) is 6.07 Å².